The van der Waals surface area contributed by atoms with Crippen molar-refractivity contribution in [3.05, 3.63) is 76.1 Å². The fourth-order valence-electron chi connectivity index (χ4n) is 3.46. The van der Waals surface area contributed by atoms with Crippen molar-refractivity contribution >= 4 is 11.5 Å². The Kier molecular flexibility index (Phi) is 4.61. The van der Waals surface area contributed by atoms with Gasteiger partial charge in [-0.25, -0.2) is 4.39 Å². The summed E-state index contributed by atoms with van der Waals surface area (Å²) >= 11 is 0. The second-order valence-corrected chi connectivity index (χ2v) is 6.42. The molecule has 1 aliphatic carbocycles. The molecule has 0 saturated heterocycles. The predicted octanol–water partition coefficient (Wildman–Crippen LogP) is 5.43. The smallest absolute Gasteiger partial charge is 0.416 e. The van der Waals surface area contributed by atoms with Crippen LogP contribution in [0.3, 0.4) is 0 Å². The highest BCUT2D eigenvalue weighted by Crippen LogP contribution is 2.45. The maximum Gasteiger partial charge on any atom is 0.416 e. The van der Waals surface area contributed by atoms with Crippen molar-refractivity contribution in [2.75, 3.05) is 0 Å². The van der Waals surface area contributed by atoms with Crippen LogP contribution >= 0.6 is 0 Å². The van der Waals surface area contributed by atoms with Crippen LogP contribution in [-0.4, -0.2) is 11.1 Å². The fraction of sp³-hybridized carbons (Fsp3) is 0.250. The zero-order valence-electron chi connectivity index (χ0n) is 13.9. The third-order valence-electron chi connectivity index (χ3n) is 4.76. The number of hydrogen-bond donors (Lipinski definition) is 1. The molecule has 3 rings (SSSR count). The number of carboxylic acid groups (broad SMARTS) is 1. The van der Waals surface area contributed by atoms with Crippen LogP contribution in [0.15, 0.2) is 48.0 Å². The maximum atomic E-state index is 13.6. The molecule has 2 aromatic rings. The number of rotatable bonds is 4. The van der Waals surface area contributed by atoms with Crippen LogP contribution in [0.2, 0.25) is 0 Å². The van der Waals surface area contributed by atoms with Gasteiger partial charge in [-0.2, -0.15) is 13.2 Å². The summed E-state index contributed by atoms with van der Waals surface area (Å²) in [6, 6.07) is 9.18. The summed E-state index contributed by atoms with van der Waals surface area (Å²) in [7, 11) is 0. The van der Waals surface area contributed by atoms with Gasteiger partial charge in [0.2, 0.25) is 0 Å². The molecule has 2 aromatic carbocycles. The molecule has 136 valence electrons. The number of halogens is 4. The number of hydrogen-bond acceptors (Lipinski definition) is 1. The van der Waals surface area contributed by atoms with Crippen LogP contribution in [0.4, 0.5) is 17.6 Å². The van der Waals surface area contributed by atoms with E-state index in [1.54, 1.807) is 13.0 Å². The normalized spacial score (nSPS) is 16.7. The van der Waals surface area contributed by atoms with Crippen molar-refractivity contribution < 1.29 is 27.5 Å². The van der Waals surface area contributed by atoms with Crippen molar-refractivity contribution in [1.82, 2.24) is 0 Å². The predicted molar refractivity (Wildman–Crippen MR) is 89.1 cm³/mol. The van der Waals surface area contributed by atoms with Gasteiger partial charge in [-0.1, -0.05) is 23.8 Å². The number of benzene rings is 2. The van der Waals surface area contributed by atoms with Gasteiger partial charge in [0.05, 0.1) is 12.0 Å². The van der Waals surface area contributed by atoms with Gasteiger partial charge in [-0.05, 0) is 59.9 Å². The van der Waals surface area contributed by atoms with E-state index < -0.39 is 23.5 Å². The SMILES string of the molecule is CC1=C(CC(=O)O)c2cc(F)ccc2C1Cc1ccc(C(F)(F)F)cc1. The minimum atomic E-state index is -4.39. The van der Waals surface area contributed by atoms with Crippen LogP contribution in [0.5, 0.6) is 0 Å². The maximum absolute atomic E-state index is 13.6. The van der Waals surface area contributed by atoms with E-state index in [1.807, 2.05) is 0 Å². The molecule has 26 heavy (non-hydrogen) atoms. The molecule has 1 N–H and O–H groups in total. The molecule has 0 radical (unpaired) electrons. The summed E-state index contributed by atoms with van der Waals surface area (Å²) in [4.78, 5) is 11.2. The summed E-state index contributed by atoms with van der Waals surface area (Å²) in [5.41, 5.74) is 2.75. The van der Waals surface area contributed by atoms with E-state index in [-0.39, 0.29) is 12.3 Å². The molecule has 1 aliphatic rings. The summed E-state index contributed by atoms with van der Waals surface area (Å²) < 4.78 is 51.7. The van der Waals surface area contributed by atoms with Crippen molar-refractivity contribution in [2.45, 2.75) is 31.9 Å². The summed E-state index contributed by atoms with van der Waals surface area (Å²) in [5, 5.41) is 9.13. The second-order valence-electron chi connectivity index (χ2n) is 6.42. The van der Waals surface area contributed by atoms with E-state index in [1.165, 1.54) is 24.3 Å². The van der Waals surface area contributed by atoms with Crippen LogP contribution in [0, 0.1) is 5.82 Å². The number of fused-ring (bicyclic) bond motifs is 1. The van der Waals surface area contributed by atoms with Crippen molar-refractivity contribution in [3.63, 3.8) is 0 Å². The van der Waals surface area contributed by atoms with E-state index in [2.05, 4.69) is 0 Å². The fourth-order valence-corrected chi connectivity index (χ4v) is 3.46. The van der Waals surface area contributed by atoms with Crippen molar-refractivity contribution in [3.8, 4) is 0 Å². The Morgan fingerprint density at radius 1 is 1.12 bits per heavy atom. The number of alkyl halides is 3. The van der Waals surface area contributed by atoms with Gasteiger partial charge >= 0.3 is 12.1 Å². The van der Waals surface area contributed by atoms with Gasteiger partial charge in [-0.15, -0.1) is 0 Å². The first-order valence-corrected chi connectivity index (χ1v) is 8.04. The molecule has 6 heteroatoms. The van der Waals surface area contributed by atoms with Crippen molar-refractivity contribution in [2.24, 2.45) is 0 Å². The van der Waals surface area contributed by atoms with Gasteiger partial charge in [0, 0.05) is 5.92 Å². The van der Waals surface area contributed by atoms with E-state index in [9.17, 15) is 22.4 Å². The zero-order valence-corrected chi connectivity index (χ0v) is 13.9. The average Bonchev–Trinajstić information content (AvgIpc) is 2.79. The molecular formula is C20H16F4O2. The Balaban J connectivity index is 1.95. The van der Waals surface area contributed by atoms with Crippen LogP contribution < -0.4 is 0 Å². The van der Waals surface area contributed by atoms with E-state index in [4.69, 9.17) is 5.11 Å². The molecular weight excluding hydrogens is 348 g/mol. The Morgan fingerprint density at radius 3 is 2.35 bits per heavy atom. The highest BCUT2D eigenvalue weighted by Gasteiger charge is 2.32. The molecule has 0 amide bonds. The van der Waals surface area contributed by atoms with E-state index in [0.717, 1.165) is 23.3 Å². The highest BCUT2D eigenvalue weighted by atomic mass is 19.4. The van der Waals surface area contributed by atoms with Gasteiger partial charge in [-0.3, -0.25) is 4.79 Å². The number of aliphatic carboxylic acids is 1. The lowest BCUT2D eigenvalue weighted by Gasteiger charge is -2.15. The van der Waals surface area contributed by atoms with Gasteiger partial charge in [0.25, 0.3) is 0 Å². The standard InChI is InChI=1S/C20H16F4O2/c1-11-16(8-12-2-4-13(5-3-12)20(22,23)24)15-7-6-14(21)9-18(15)17(11)10-19(25)26/h2-7,9,16H,8,10H2,1H3,(H,25,26). The number of carboxylic acids is 1. The molecule has 1 atom stereocenters. The first kappa shape index (κ1) is 18.2. The number of carbonyl (C=O) groups is 1. The molecule has 0 heterocycles. The molecule has 1 unspecified atom stereocenters. The second kappa shape index (κ2) is 6.59. The minimum Gasteiger partial charge on any atom is -0.481 e. The third kappa shape index (κ3) is 3.49. The van der Waals surface area contributed by atoms with E-state index in [0.29, 0.717) is 23.1 Å². The zero-order chi connectivity index (χ0) is 19.1. The molecule has 0 aliphatic heterocycles. The lowest BCUT2D eigenvalue weighted by Crippen LogP contribution is -2.06. The van der Waals surface area contributed by atoms with Gasteiger partial charge in [0.1, 0.15) is 5.82 Å². The lowest BCUT2D eigenvalue weighted by molar-refractivity contribution is -0.138. The Hall–Kier alpha value is -2.63. The summed E-state index contributed by atoms with van der Waals surface area (Å²) in [6.07, 6.45) is -4.18. The molecule has 0 aromatic heterocycles. The lowest BCUT2D eigenvalue weighted by atomic mass is 9.89. The van der Waals surface area contributed by atoms with E-state index >= 15 is 0 Å². The quantitative estimate of drug-likeness (QED) is 0.734. The molecule has 0 spiro atoms. The topological polar surface area (TPSA) is 37.3 Å². The first-order valence-electron chi connectivity index (χ1n) is 8.04. The Morgan fingerprint density at radius 2 is 1.77 bits per heavy atom. The molecule has 0 bridgehead atoms. The first-order chi connectivity index (χ1) is 12.2. The third-order valence-corrected chi connectivity index (χ3v) is 4.76. The Labute approximate surface area is 147 Å². The molecule has 0 fully saturated rings. The minimum absolute atomic E-state index is 0.184. The summed E-state index contributed by atoms with van der Waals surface area (Å²) in [5.74, 6) is -1.64. The largest absolute Gasteiger partial charge is 0.481 e. The number of allylic oxidation sites excluding steroid dienone is 1. The van der Waals surface area contributed by atoms with Crippen LogP contribution in [0.25, 0.3) is 5.57 Å². The average molecular weight is 364 g/mol. The van der Waals surface area contributed by atoms with Gasteiger partial charge < -0.3 is 5.11 Å². The molecule has 0 saturated carbocycles. The van der Waals surface area contributed by atoms with Crippen LogP contribution in [0.1, 0.15) is 41.5 Å². The summed E-state index contributed by atoms with van der Waals surface area (Å²) in [6.45, 7) is 1.80. The monoisotopic (exact) mass is 364 g/mol. The van der Waals surface area contributed by atoms with Crippen LogP contribution in [-0.2, 0) is 17.4 Å². The highest BCUT2D eigenvalue weighted by molar-refractivity contribution is 5.89. The van der Waals surface area contributed by atoms with Gasteiger partial charge in [0.15, 0.2) is 0 Å². The molecule has 2 nitrogen and oxygen atoms in total. The van der Waals surface area contributed by atoms with Crippen molar-refractivity contribution in [1.29, 1.82) is 0 Å². The Bertz CT molecular complexity index is 880.